The minimum Gasteiger partial charge on any atom is -0.364 e. The Balaban J connectivity index is 0.00000160. The number of nitrogens with two attached hydrogens (primary N) is 1. The standard InChI is InChI=1S/C21H23FN4O2.2ClH/c1-12-9-13(20-24-17-10-14(22)4-7-18(17)26(20)2)3-6-16(12)25-21(27)19-8-5-15(11-23)28-19;;/h3-4,6-7,9-10,15,19H,5,8,11,23H2,1-2H3,(H,25,27);2*1H/t15-,19+;;/m1../s1. The first-order valence-electron chi connectivity index (χ1n) is 9.35. The van der Waals surface area contributed by atoms with Crippen molar-refractivity contribution in [1.82, 2.24) is 9.55 Å². The van der Waals surface area contributed by atoms with E-state index in [1.54, 1.807) is 6.07 Å². The zero-order chi connectivity index (χ0) is 19.8. The summed E-state index contributed by atoms with van der Waals surface area (Å²) in [7, 11) is 1.90. The fourth-order valence-corrected chi connectivity index (χ4v) is 3.66. The summed E-state index contributed by atoms with van der Waals surface area (Å²) in [5, 5.41) is 2.94. The van der Waals surface area contributed by atoms with Gasteiger partial charge in [0.05, 0.1) is 17.1 Å². The molecule has 0 radical (unpaired) electrons. The van der Waals surface area contributed by atoms with Crippen LogP contribution in [0.1, 0.15) is 18.4 Å². The molecular formula is C21H25Cl2FN4O2. The molecule has 0 saturated carbocycles. The van der Waals surface area contributed by atoms with Crippen molar-refractivity contribution in [1.29, 1.82) is 0 Å². The average molecular weight is 455 g/mol. The number of hydrogen-bond donors (Lipinski definition) is 2. The lowest BCUT2D eigenvalue weighted by atomic mass is 10.1. The van der Waals surface area contributed by atoms with Gasteiger partial charge in [-0.2, -0.15) is 0 Å². The molecule has 1 aliphatic rings. The molecule has 2 atom stereocenters. The van der Waals surface area contributed by atoms with E-state index in [-0.39, 0.29) is 42.6 Å². The highest BCUT2D eigenvalue weighted by molar-refractivity contribution is 5.95. The normalized spacial score (nSPS) is 18.0. The van der Waals surface area contributed by atoms with Gasteiger partial charge in [0.1, 0.15) is 17.7 Å². The number of ether oxygens (including phenoxy) is 1. The molecular weight excluding hydrogens is 430 g/mol. The van der Waals surface area contributed by atoms with Crippen molar-refractivity contribution in [2.75, 3.05) is 11.9 Å². The van der Waals surface area contributed by atoms with Gasteiger partial charge in [-0.1, -0.05) is 0 Å². The number of rotatable bonds is 4. The number of aromatic nitrogens is 2. The molecule has 9 heteroatoms. The third kappa shape index (κ3) is 4.59. The van der Waals surface area contributed by atoms with Crippen LogP contribution in [-0.4, -0.2) is 34.2 Å². The average Bonchev–Trinajstić information content (AvgIpc) is 3.28. The van der Waals surface area contributed by atoms with Gasteiger partial charge in [-0.3, -0.25) is 4.79 Å². The Morgan fingerprint density at radius 3 is 2.70 bits per heavy atom. The molecule has 0 bridgehead atoms. The number of halogens is 3. The van der Waals surface area contributed by atoms with Crippen LogP contribution in [0.25, 0.3) is 22.4 Å². The highest BCUT2D eigenvalue weighted by Crippen LogP contribution is 2.28. The number of carbonyl (C=O) groups excluding carboxylic acids is 1. The number of nitrogens with one attached hydrogen (secondary N) is 1. The molecule has 6 nitrogen and oxygen atoms in total. The van der Waals surface area contributed by atoms with E-state index in [0.717, 1.165) is 34.6 Å². The third-order valence-corrected chi connectivity index (χ3v) is 5.25. The van der Waals surface area contributed by atoms with Crippen LogP contribution in [0.15, 0.2) is 36.4 Å². The fourth-order valence-electron chi connectivity index (χ4n) is 3.66. The van der Waals surface area contributed by atoms with Crippen LogP contribution < -0.4 is 11.1 Å². The first kappa shape index (κ1) is 24.1. The summed E-state index contributed by atoms with van der Waals surface area (Å²) in [6.07, 6.45) is 0.991. The monoisotopic (exact) mass is 454 g/mol. The Morgan fingerprint density at radius 1 is 1.27 bits per heavy atom. The first-order chi connectivity index (χ1) is 13.5. The molecule has 3 aromatic rings. The fraction of sp³-hybridized carbons (Fsp3) is 0.333. The second-order valence-corrected chi connectivity index (χ2v) is 7.21. The van der Waals surface area contributed by atoms with Gasteiger partial charge in [0.15, 0.2) is 0 Å². The van der Waals surface area contributed by atoms with Gasteiger partial charge < -0.3 is 20.4 Å². The smallest absolute Gasteiger partial charge is 0.253 e. The van der Waals surface area contributed by atoms with Crippen molar-refractivity contribution < 1.29 is 13.9 Å². The van der Waals surface area contributed by atoms with Crippen molar-refractivity contribution in [2.24, 2.45) is 12.8 Å². The number of nitrogens with zero attached hydrogens (tertiary/aromatic N) is 2. The number of carbonyl (C=O) groups is 1. The maximum absolute atomic E-state index is 13.5. The minimum atomic E-state index is -0.456. The van der Waals surface area contributed by atoms with Crippen molar-refractivity contribution in [2.45, 2.75) is 32.0 Å². The molecule has 0 spiro atoms. The minimum absolute atomic E-state index is 0. The lowest BCUT2D eigenvalue weighted by Crippen LogP contribution is -2.30. The van der Waals surface area contributed by atoms with Gasteiger partial charge >= 0.3 is 0 Å². The molecule has 2 heterocycles. The second kappa shape index (κ2) is 9.75. The molecule has 30 heavy (non-hydrogen) atoms. The van der Waals surface area contributed by atoms with Crippen LogP contribution in [0.5, 0.6) is 0 Å². The Hall–Kier alpha value is -2.19. The highest BCUT2D eigenvalue weighted by atomic mass is 35.5. The van der Waals surface area contributed by atoms with Crippen molar-refractivity contribution in [3.8, 4) is 11.4 Å². The van der Waals surface area contributed by atoms with Gasteiger partial charge in [0, 0.05) is 30.9 Å². The molecule has 1 amide bonds. The topological polar surface area (TPSA) is 82.2 Å². The maximum Gasteiger partial charge on any atom is 0.253 e. The van der Waals surface area contributed by atoms with Crippen LogP contribution in [0.2, 0.25) is 0 Å². The Bertz CT molecular complexity index is 1060. The van der Waals surface area contributed by atoms with Crippen LogP contribution in [-0.2, 0) is 16.6 Å². The molecule has 3 N–H and O–H groups in total. The van der Waals surface area contributed by atoms with Crippen molar-refractivity contribution in [3.63, 3.8) is 0 Å². The van der Waals surface area contributed by atoms with Gasteiger partial charge in [0.25, 0.3) is 5.91 Å². The van der Waals surface area contributed by atoms with Crippen molar-refractivity contribution >= 4 is 47.4 Å². The third-order valence-electron chi connectivity index (χ3n) is 5.25. The maximum atomic E-state index is 13.5. The Labute approximate surface area is 186 Å². The van der Waals surface area contributed by atoms with E-state index in [1.807, 2.05) is 36.7 Å². The molecule has 2 aromatic carbocycles. The summed E-state index contributed by atoms with van der Waals surface area (Å²) in [5.74, 6) is 0.286. The number of imidazole rings is 1. The Kier molecular flexibility index (Phi) is 7.82. The molecule has 0 aliphatic carbocycles. The predicted octanol–water partition coefficient (Wildman–Crippen LogP) is 3.98. The highest BCUT2D eigenvalue weighted by Gasteiger charge is 2.30. The molecule has 1 aromatic heterocycles. The van der Waals surface area contributed by atoms with Crippen LogP contribution in [0.3, 0.4) is 0 Å². The number of benzene rings is 2. The molecule has 1 fully saturated rings. The first-order valence-corrected chi connectivity index (χ1v) is 9.35. The Morgan fingerprint density at radius 2 is 2.03 bits per heavy atom. The van der Waals surface area contributed by atoms with Gasteiger partial charge in [-0.15, -0.1) is 24.8 Å². The summed E-state index contributed by atoms with van der Waals surface area (Å²) in [5.41, 5.74) is 9.63. The number of anilines is 1. The van der Waals surface area contributed by atoms with Gasteiger partial charge in [0.2, 0.25) is 0 Å². The van der Waals surface area contributed by atoms with Crippen LogP contribution >= 0.6 is 24.8 Å². The lowest BCUT2D eigenvalue weighted by molar-refractivity contribution is -0.126. The number of fused-ring (bicyclic) bond motifs is 1. The lowest BCUT2D eigenvalue weighted by Gasteiger charge is -2.15. The van der Waals surface area contributed by atoms with E-state index in [1.165, 1.54) is 12.1 Å². The summed E-state index contributed by atoms with van der Waals surface area (Å²) >= 11 is 0. The number of hydrogen-bond acceptors (Lipinski definition) is 4. The van der Waals surface area contributed by atoms with E-state index in [9.17, 15) is 9.18 Å². The summed E-state index contributed by atoms with van der Waals surface area (Å²) in [6.45, 7) is 2.36. The summed E-state index contributed by atoms with van der Waals surface area (Å²) in [4.78, 5) is 17.0. The van der Waals surface area contributed by atoms with E-state index in [4.69, 9.17) is 10.5 Å². The number of amides is 1. The van der Waals surface area contributed by atoms with Gasteiger partial charge in [-0.25, -0.2) is 9.37 Å². The second-order valence-electron chi connectivity index (χ2n) is 7.21. The molecule has 4 rings (SSSR count). The largest absolute Gasteiger partial charge is 0.364 e. The van der Waals surface area contributed by atoms with Crippen molar-refractivity contribution in [3.05, 3.63) is 47.8 Å². The van der Waals surface area contributed by atoms with Crippen LogP contribution in [0.4, 0.5) is 10.1 Å². The zero-order valence-corrected chi connectivity index (χ0v) is 18.4. The van der Waals surface area contributed by atoms with Gasteiger partial charge in [-0.05, 0) is 55.7 Å². The summed E-state index contributed by atoms with van der Waals surface area (Å²) in [6, 6.07) is 10.3. The quantitative estimate of drug-likeness (QED) is 0.624. The predicted molar refractivity (Wildman–Crippen MR) is 121 cm³/mol. The molecule has 0 unspecified atom stereocenters. The SMILES string of the molecule is Cc1cc(-c2nc3cc(F)ccc3n2C)ccc1NC(=O)[C@@H]1CC[C@H](CN)O1.Cl.Cl. The van der Waals surface area contributed by atoms with E-state index in [2.05, 4.69) is 10.3 Å². The van der Waals surface area contributed by atoms with E-state index >= 15 is 0 Å². The molecule has 1 saturated heterocycles. The molecule has 1 aliphatic heterocycles. The number of aryl methyl sites for hydroxylation is 2. The molecule has 162 valence electrons. The van der Waals surface area contributed by atoms with Crippen LogP contribution in [0, 0.1) is 12.7 Å². The van der Waals surface area contributed by atoms with E-state index < -0.39 is 6.10 Å². The summed E-state index contributed by atoms with van der Waals surface area (Å²) < 4.78 is 21.1. The zero-order valence-electron chi connectivity index (χ0n) is 16.7. The van der Waals surface area contributed by atoms with E-state index in [0.29, 0.717) is 18.5 Å².